The van der Waals surface area contributed by atoms with Crippen LogP contribution in [0.2, 0.25) is 0 Å². The van der Waals surface area contributed by atoms with E-state index in [1.807, 2.05) is 18.2 Å². The van der Waals surface area contributed by atoms with Gasteiger partial charge in [0.2, 0.25) is 0 Å². The van der Waals surface area contributed by atoms with Crippen LogP contribution in [0.25, 0.3) is 5.69 Å². The second kappa shape index (κ2) is 4.18. The van der Waals surface area contributed by atoms with Crippen LogP contribution in [-0.4, -0.2) is 20.8 Å². The molecule has 3 rings (SSSR count). The highest BCUT2D eigenvalue weighted by Crippen LogP contribution is 2.19. The van der Waals surface area contributed by atoms with Gasteiger partial charge in [0.15, 0.2) is 0 Å². The van der Waals surface area contributed by atoms with Crippen LogP contribution in [0.15, 0.2) is 35.4 Å². The number of aromatic nitrogens is 3. The molecule has 1 saturated carbocycles. The maximum Gasteiger partial charge on any atom is 0.347 e. The average molecular weight is 230 g/mol. The Bertz CT molecular complexity index is 568. The number of hydrogen-bond acceptors (Lipinski definition) is 3. The van der Waals surface area contributed by atoms with Crippen LogP contribution in [0.1, 0.15) is 18.4 Å². The van der Waals surface area contributed by atoms with Crippen LogP contribution in [0.5, 0.6) is 0 Å². The first-order valence-corrected chi connectivity index (χ1v) is 5.77. The van der Waals surface area contributed by atoms with Gasteiger partial charge in [0.1, 0.15) is 6.33 Å². The van der Waals surface area contributed by atoms with Crippen LogP contribution in [0, 0.1) is 0 Å². The van der Waals surface area contributed by atoms with Crippen molar-refractivity contribution in [2.24, 2.45) is 0 Å². The Hall–Kier alpha value is -1.88. The number of hydrogen-bond donors (Lipinski definition) is 2. The van der Waals surface area contributed by atoms with E-state index in [2.05, 4.69) is 21.6 Å². The lowest BCUT2D eigenvalue weighted by molar-refractivity contribution is 0.687. The van der Waals surface area contributed by atoms with Crippen molar-refractivity contribution in [3.63, 3.8) is 0 Å². The third-order valence-electron chi connectivity index (χ3n) is 2.91. The van der Waals surface area contributed by atoms with Gasteiger partial charge >= 0.3 is 5.69 Å². The summed E-state index contributed by atoms with van der Waals surface area (Å²) in [7, 11) is 0. The number of rotatable bonds is 4. The quantitative estimate of drug-likeness (QED) is 0.817. The van der Waals surface area contributed by atoms with Gasteiger partial charge < -0.3 is 5.32 Å². The smallest absolute Gasteiger partial charge is 0.310 e. The summed E-state index contributed by atoms with van der Waals surface area (Å²) in [5.41, 5.74) is 1.82. The first-order valence-electron chi connectivity index (χ1n) is 5.77. The van der Waals surface area contributed by atoms with Crippen molar-refractivity contribution < 1.29 is 0 Å². The summed E-state index contributed by atoms with van der Waals surface area (Å²) < 4.78 is 1.50. The van der Waals surface area contributed by atoms with Gasteiger partial charge in [0.05, 0.1) is 5.69 Å². The van der Waals surface area contributed by atoms with E-state index in [4.69, 9.17) is 0 Å². The van der Waals surface area contributed by atoms with Crippen molar-refractivity contribution >= 4 is 0 Å². The number of aromatic amines is 1. The van der Waals surface area contributed by atoms with E-state index >= 15 is 0 Å². The van der Waals surface area contributed by atoms with Crippen molar-refractivity contribution in [3.8, 4) is 5.69 Å². The lowest BCUT2D eigenvalue weighted by atomic mass is 10.2. The van der Waals surface area contributed by atoms with Crippen molar-refractivity contribution in [3.05, 3.63) is 46.6 Å². The Morgan fingerprint density at radius 3 is 3.06 bits per heavy atom. The zero-order valence-corrected chi connectivity index (χ0v) is 9.39. The molecule has 1 aromatic carbocycles. The molecular weight excluding hydrogens is 216 g/mol. The highest BCUT2D eigenvalue weighted by Gasteiger charge is 2.19. The SMILES string of the molecule is O=c1[nH]ncn1-c1cccc(CNC2CC2)c1. The lowest BCUT2D eigenvalue weighted by Crippen LogP contribution is -2.17. The van der Waals surface area contributed by atoms with Gasteiger partial charge in [0.25, 0.3) is 0 Å². The molecule has 1 fully saturated rings. The van der Waals surface area contributed by atoms with Crippen LogP contribution in [0.3, 0.4) is 0 Å². The van der Waals surface area contributed by atoms with E-state index in [0.29, 0.717) is 6.04 Å². The van der Waals surface area contributed by atoms with E-state index in [1.165, 1.54) is 29.3 Å². The standard InChI is InChI=1S/C12H14N4O/c17-12-15-14-8-16(12)11-3-1-2-9(6-11)7-13-10-4-5-10/h1-3,6,8,10,13H,4-5,7H2,(H,15,17). The Morgan fingerprint density at radius 1 is 1.47 bits per heavy atom. The van der Waals surface area contributed by atoms with Gasteiger partial charge in [-0.15, -0.1) is 0 Å². The second-order valence-corrected chi connectivity index (χ2v) is 4.36. The monoisotopic (exact) mass is 230 g/mol. The molecule has 2 N–H and O–H groups in total. The average Bonchev–Trinajstić information content (AvgIpc) is 3.08. The van der Waals surface area contributed by atoms with Crippen LogP contribution < -0.4 is 11.0 Å². The molecule has 2 aromatic rings. The van der Waals surface area contributed by atoms with Crippen molar-refractivity contribution in [2.75, 3.05) is 0 Å². The summed E-state index contributed by atoms with van der Waals surface area (Å²) in [4.78, 5) is 11.4. The van der Waals surface area contributed by atoms with Gasteiger partial charge in [-0.2, -0.15) is 5.10 Å². The zero-order chi connectivity index (χ0) is 11.7. The molecule has 0 aliphatic heterocycles. The van der Waals surface area contributed by atoms with Crippen molar-refractivity contribution in [1.29, 1.82) is 0 Å². The predicted octanol–water partition coefficient (Wildman–Crippen LogP) is 0.813. The van der Waals surface area contributed by atoms with Gasteiger partial charge in [-0.25, -0.2) is 14.5 Å². The van der Waals surface area contributed by atoms with Crippen LogP contribution in [0.4, 0.5) is 0 Å². The van der Waals surface area contributed by atoms with E-state index in [0.717, 1.165) is 12.2 Å². The highest BCUT2D eigenvalue weighted by molar-refractivity contribution is 5.35. The molecule has 1 aliphatic carbocycles. The Labute approximate surface area is 98.5 Å². The minimum Gasteiger partial charge on any atom is -0.310 e. The third-order valence-corrected chi connectivity index (χ3v) is 2.91. The molecule has 88 valence electrons. The molecule has 0 spiro atoms. The third kappa shape index (κ3) is 2.29. The van der Waals surface area contributed by atoms with Crippen molar-refractivity contribution in [2.45, 2.75) is 25.4 Å². The van der Waals surface area contributed by atoms with Gasteiger partial charge in [-0.05, 0) is 30.5 Å². The topological polar surface area (TPSA) is 62.7 Å². The Morgan fingerprint density at radius 2 is 2.35 bits per heavy atom. The molecule has 5 heteroatoms. The Kier molecular flexibility index (Phi) is 2.53. The molecule has 1 aromatic heterocycles. The van der Waals surface area contributed by atoms with E-state index in [-0.39, 0.29) is 5.69 Å². The fraction of sp³-hybridized carbons (Fsp3) is 0.333. The molecule has 0 saturated heterocycles. The zero-order valence-electron chi connectivity index (χ0n) is 9.39. The largest absolute Gasteiger partial charge is 0.347 e. The molecule has 0 amide bonds. The molecule has 0 bridgehead atoms. The fourth-order valence-electron chi connectivity index (χ4n) is 1.80. The van der Waals surface area contributed by atoms with Gasteiger partial charge in [0, 0.05) is 12.6 Å². The summed E-state index contributed by atoms with van der Waals surface area (Å²) in [5, 5.41) is 9.56. The minimum atomic E-state index is -0.211. The first-order chi connectivity index (χ1) is 8.33. The number of nitrogens with one attached hydrogen (secondary N) is 2. The molecule has 0 atom stereocenters. The van der Waals surface area contributed by atoms with Gasteiger partial charge in [-0.3, -0.25) is 0 Å². The second-order valence-electron chi connectivity index (χ2n) is 4.36. The van der Waals surface area contributed by atoms with E-state index < -0.39 is 0 Å². The molecule has 0 unspecified atom stereocenters. The maximum atomic E-state index is 11.4. The Balaban J connectivity index is 1.83. The minimum absolute atomic E-state index is 0.211. The van der Waals surface area contributed by atoms with Crippen LogP contribution >= 0.6 is 0 Å². The summed E-state index contributed by atoms with van der Waals surface area (Å²) >= 11 is 0. The molecule has 1 aliphatic rings. The fourth-order valence-corrected chi connectivity index (χ4v) is 1.80. The van der Waals surface area contributed by atoms with Gasteiger partial charge in [-0.1, -0.05) is 12.1 Å². The molecule has 5 nitrogen and oxygen atoms in total. The molecule has 1 heterocycles. The highest BCUT2D eigenvalue weighted by atomic mass is 16.1. The van der Waals surface area contributed by atoms with E-state index in [1.54, 1.807) is 0 Å². The predicted molar refractivity (Wildman–Crippen MR) is 64.0 cm³/mol. The lowest BCUT2D eigenvalue weighted by Gasteiger charge is -2.05. The summed E-state index contributed by atoms with van der Waals surface area (Å²) in [6, 6.07) is 8.61. The number of nitrogens with zero attached hydrogens (tertiary/aromatic N) is 2. The van der Waals surface area contributed by atoms with Crippen molar-refractivity contribution in [1.82, 2.24) is 20.1 Å². The first kappa shape index (κ1) is 10.3. The molecule has 17 heavy (non-hydrogen) atoms. The number of H-pyrrole nitrogens is 1. The summed E-state index contributed by atoms with van der Waals surface area (Å²) in [6.45, 7) is 0.852. The number of benzene rings is 1. The normalized spacial score (nSPS) is 15.1. The summed E-state index contributed by atoms with van der Waals surface area (Å²) in [5.74, 6) is 0. The molecule has 0 radical (unpaired) electrons. The summed E-state index contributed by atoms with van der Waals surface area (Å²) in [6.07, 6.45) is 4.05. The van der Waals surface area contributed by atoms with Crippen LogP contribution in [-0.2, 0) is 6.54 Å². The molecular formula is C12H14N4O. The van der Waals surface area contributed by atoms with E-state index in [9.17, 15) is 4.79 Å². The maximum absolute atomic E-state index is 11.4.